The Kier molecular flexibility index (Phi) is 4.75. The van der Waals surface area contributed by atoms with Crippen LogP contribution in [0.3, 0.4) is 0 Å². The highest BCUT2D eigenvalue weighted by Crippen LogP contribution is 2.23. The molecule has 1 aromatic rings. The van der Waals surface area contributed by atoms with E-state index in [2.05, 4.69) is 51.2 Å². The van der Waals surface area contributed by atoms with Crippen molar-refractivity contribution >= 4 is 0 Å². The first-order chi connectivity index (χ1) is 7.84. The van der Waals surface area contributed by atoms with Gasteiger partial charge in [0.1, 0.15) is 0 Å². The van der Waals surface area contributed by atoms with Crippen molar-refractivity contribution in [3.05, 3.63) is 17.5 Å². The first kappa shape index (κ1) is 14.2. The van der Waals surface area contributed by atoms with Crippen LogP contribution in [-0.4, -0.2) is 16.3 Å². The molecule has 0 aliphatic carbocycles. The summed E-state index contributed by atoms with van der Waals surface area (Å²) in [5, 5.41) is 8.10. The minimum absolute atomic E-state index is 0.120. The van der Waals surface area contributed by atoms with Gasteiger partial charge in [-0.25, -0.2) is 0 Å². The van der Waals surface area contributed by atoms with E-state index in [9.17, 15) is 0 Å². The predicted molar refractivity (Wildman–Crippen MR) is 73.1 cm³/mol. The summed E-state index contributed by atoms with van der Waals surface area (Å²) in [5.41, 5.74) is 2.65. The first-order valence-electron chi connectivity index (χ1n) is 6.58. The minimum atomic E-state index is 0.120. The van der Waals surface area contributed by atoms with Gasteiger partial charge in [-0.1, -0.05) is 41.0 Å². The van der Waals surface area contributed by atoms with Gasteiger partial charge in [-0.3, -0.25) is 4.68 Å². The highest BCUT2D eigenvalue weighted by atomic mass is 15.3. The Hall–Kier alpha value is -0.830. The van der Waals surface area contributed by atoms with Crippen molar-refractivity contribution in [3.8, 4) is 0 Å². The van der Waals surface area contributed by atoms with Gasteiger partial charge < -0.3 is 5.32 Å². The molecule has 0 spiro atoms. The first-order valence-corrected chi connectivity index (χ1v) is 6.58. The maximum Gasteiger partial charge on any atom is 0.0722 e. The molecule has 1 rings (SSSR count). The summed E-state index contributed by atoms with van der Waals surface area (Å²) in [7, 11) is 1.99. The maximum atomic E-state index is 4.58. The second-order valence-electron chi connectivity index (χ2n) is 6.07. The van der Waals surface area contributed by atoms with Crippen molar-refractivity contribution in [1.29, 1.82) is 0 Å². The largest absolute Gasteiger partial charge is 0.312 e. The zero-order chi connectivity index (χ0) is 13.1. The van der Waals surface area contributed by atoms with Crippen molar-refractivity contribution < 1.29 is 0 Å². The van der Waals surface area contributed by atoms with Gasteiger partial charge in [0, 0.05) is 30.8 Å². The molecular formula is C14H27N3. The van der Waals surface area contributed by atoms with Crippen LogP contribution in [0.4, 0.5) is 0 Å². The van der Waals surface area contributed by atoms with Gasteiger partial charge in [0.15, 0.2) is 0 Å². The number of hydrogen-bond donors (Lipinski definition) is 1. The van der Waals surface area contributed by atoms with E-state index < -0.39 is 0 Å². The number of nitrogens with zero attached hydrogens (tertiary/aromatic N) is 2. The Labute approximate surface area is 106 Å². The maximum absolute atomic E-state index is 4.58. The Balaban J connectivity index is 2.65. The fourth-order valence-electron chi connectivity index (χ4n) is 1.90. The van der Waals surface area contributed by atoms with Gasteiger partial charge in [0.2, 0.25) is 0 Å². The lowest BCUT2D eigenvalue weighted by Gasteiger charge is -2.18. The predicted octanol–water partition coefficient (Wildman–Crippen LogP) is 2.85. The fraction of sp³-hybridized carbons (Fsp3) is 0.786. The Bertz CT molecular complexity index is 347. The molecule has 1 aromatic heterocycles. The second-order valence-corrected chi connectivity index (χ2v) is 6.07. The van der Waals surface area contributed by atoms with Crippen LogP contribution in [-0.2, 0) is 19.0 Å². The van der Waals surface area contributed by atoms with Gasteiger partial charge in [0.25, 0.3) is 0 Å². The molecule has 1 atom stereocenters. The van der Waals surface area contributed by atoms with E-state index in [-0.39, 0.29) is 5.41 Å². The molecule has 0 bridgehead atoms. The molecule has 1 unspecified atom stereocenters. The zero-order valence-electron chi connectivity index (χ0n) is 12.2. The highest BCUT2D eigenvalue weighted by Gasteiger charge is 2.21. The summed E-state index contributed by atoms with van der Waals surface area (Å²) < 4.78 is 1.92. The van der Waals surface area contributed by atoms with Gasteiger partial charge in [-0.05, 0) is 12.5 Å². The monoisotopic (exact) mass is 237 g/mol. The highest BCUT2D eigenvalue weighted by molar-refractivity contribution is 5.23. The van der Waals surface area contributed by atoms with E-state index in [1.807, 2.05) is 11.7 Å². The van der Waals surface area contributed by atoms with Crippen LogP contribution >= 0.6 is 0 Å². The quantitative estimate of drug-likeness (QED) is 0.853. The third kappa shape index (κ3) is 4.15. The smallest absolute Gasteiger partial charge is 0.0722 e. The van der Waals surface area contributed by atoms with E-state index in [4.69, 9.17) is 0 Å². The third-order valence-electron chi connectivity index (χ3n) is 3.12. The van der Waals surface area contributed by atoms with Crippen molar-refractivity contribution in [2.45, 2.75) is 53.0 Å². The minimum Gasteiger partial charge on any atom is -0.312 e. The Morgan fingerprint density at radius 1 is 1.41 bits per heavy atom. The SMILES string of the molecule is CCC(C)CNCc1cn(C)nc1C(C)(C)C. The lowest BCUT2D eigenvalue weighted by atomic mass is 9.89. The van der Waals surface area contributed by atoms with Crippen molar-refractivity contribution in [2.24, 2.45) is 13.0 Å². The van der Waals surface area contributed by atoms with Crippen LogP contribution in [0.25, 0.3) is 0 Å². The van der Waals surface area contributed by atoms with Crippen LogP contribution in [0.2, 0.25) is 0 Å². The summed E-state index contributed by atoms with van der Waals surface area (Å²) in [6.07, 6.45) is 3.36. The molecule has 0 aliphatic rings. The summed E-state index contributed by atoms with van der Waals surface area (Å²) in [4.78, 5) is 0. The molecule has 0 saturated heterocycles. The summed E-state index contributed by atoms with van der Waals surface area (Å²) in [6.45, 7) is 13.2. The van der Waals surface area contributed by atoms with Gasteiger partial charge >= 0.3 is 0 Å². The van der Waals surface area contributed by atoms with Crippen molar-refractivity contribution in [1.82, 2.24) is 15.1 Å². The Morgan fingerprint density at radius 2 is 2.06 bits per heavy atom. The van der Waals surface area contributed by atoms with Crippen LogP contribution in [0.1, 0.15) is 52.3 Å². The van der Waals surface area contributed by atoms with E-state index in [1.165, 1.54) is 17.7 Å². The van der Waals surface area contributed by atoms with Crippen molar-refractivity contribution in [2.75, 3.05) is 6.54 Å². The lowest BCUT2D eigenvalue weighted by molar-refractivity contribution is 0.493. The number of hydrogen-bond acceptors (Lipinski definition) is 2. The number of nitrogens with one attached hydrogen (secondary N) is 1. The molecule has 98 valence electrons. The van der Waals surface area contributed by atoms with E-state index in [0.29, 0.717) is 0 Å². The molecule has 0 fully saturated rings. The van der Waals surface area contributed by atoms with Crippen LogP contribution in [0.15, 0.2) is 6.20 Å². The zero-order valence-corrected chi connectivity index (χ0v) is 12.2. The topological polar surface area (TPSA) is 29.9 Å². The van der Waals surface area contributed by atoms with Crippen LogP contribution in [0, 0.1) is 5.92 Å². The summed E-state index contributed by atoms with van der Waals surface area (Å²) >= 11 is 0. The van der Waals surface area contributed by atoms with Crippen molar-refractivity contribution in [3.63, 3.8) is 0 Å². The number of aryl methyl sites for hydroxylation is 1. The van der Waals surface area contributed by atoms with Crippen LogP contribution in [0.5, 0.6) is 0 Å². The molecule has 1 N–H and O–H groups in total. The van der Waals surface area contributed by atoms with Crippen LogP contribution < -0.4 is 5.32 Å². The average molecular weight is 237 g/mol. The normalized spacial score (nSPS) is 14.0. The molecule has 0 amide bonds. The van der Waals surface area contributed by atoms with Gasteiger partial charge in [-0.15, -0.1) is 0 Å². The molecule has 3 nitrogen and oxygen atoms in total. The van der Waals surface area contributed by atoms with E-state index in [0.717, 1.165) is 19.0 Å². The molecule has 0 aliphatic heterocycles. The fourth-order valence-corrected chi connectivity index (χ4v) is 1.90. The molecule has 0 radical (unpaired) electrons. The molecule has 0 saturated carbocycles. The number of rotatable bonds is 5. The third-order valence-corrected chi connectivity index (χ3v) is 3.12. The molecule has 0 aromatic carbocycles. The van der Waals surface area contributed by atoms with Gasteiger partial charge in [0.05, 0.1) is 5.69 Å². The molecular weight excluding hydrogens is 210 g/mol. The molecule has 1 heterocycles. The summed E-state index contributed by atoms with van der Waals surface area (Å²) in [5.74, 6) is 0.741. The Morgan fingerprint density at radius 3 is 2.59 bits per heavy atom. The van der Waals surface area contributed by atoms with E-state index >= 15 is 0 Å². The standard InChI is InChI=1S/C14H27N3/c1-7-11(2)8-15-9-12-10-17(6)16-13(12)14(3,4)5/h10-11,15H,7-9H2,1-6H3. The molecule has 17 heavy (non-hydrogen) atoms. The van der Waals surface area contributed by atoms with E-state index in [1.54, 1.807) is 0 Å². The lowest BCUT2D eigenvalue weighted by Crippen LogP contribution is -2.22. The summed E-state index contributed by atoms with van der Waals surface area (Å²) in [6, 6.07) is 0. The molecule has 3 heteroatoms. The second kappa shape index (κ2) is 5.67. The number of aromatic nitrogens is 2. The van der Waals surface area contributed by atoms with Gasteiger partial charge in [-0.2, -0.15) is 5.10 Å². The average Bonchev–Trinajstić information content (AvgIpc) is 2.59.